The number of benzene rings is 2. The van der Waals surface area contributed by atoms with Crippen LogP contribution in [-0.4, -0.2) is 0 Å². The van der Waals surface area contributed by atoms with Crippen LogP contribution < -0.4 is 0 Å². The molecule has 0 bridgehead atoms. The number of hydrogen-bond donors (Lipinski definition) is 0. The monoisotopic (exact) mass is 213 g/mol. The molecule has 0 heterocycles. The first-order valence-corrected chi connectivity index (χ1v) is 5.98. The zero-order valence-electron chi connectivity index (χ0n) is 8.73. The Balaban J connectivity index is 1.99. The average molecular weight is 213 g/mol. The maximum Gasteiger partial charge on any atom is 0.0238 e. The van der Waals surface area contributed by atoms with Crippen LogP contribution in [0.15, 0.2) is 53.4 Å². The van der Waals surface area contributed by atoms with Crippen LogP contribution in [0.5, 0.6) is 0 Å². The fourth-order valence-electron chi connectivity index (χ4n) is 1.41. The largest absolute Gasteiger partial charge is 0.121 e. The van der Waals surface area contributed by atoms with Gasteiger partial charge < -0.3 is 0 Å². The molecule has 0 spiro atoms. The van der Waals surface area contributed by atoms with E-state index in [1.165, 1.54) is 16.0 Å². The van der Waals surface area contributed by atoms with Crippen molar-refractivity contribution in [2.24, 2.45) is 0 Å². The second-order valence-electron chi connectivity index (χ2n) is 3.49. The van der Waals surface area contributed by atoms with Crippen molar-refractivity contribution in [3.05, 3.63) is 65.7 Å². The highest BCUT2D eigenvalue weighted by atomic mass is 32.2. The Morgan fingerprint density at radius 1 is 1.13 bits per heavy atom. The Bertz CT molecular complexity index is 420. The summed E-state index contributed by atoms with van der Waals surface area (Å²) in [5, 5.41) is 0. The maximum absolute atomic E-state index is 3.26. The van der Waals surface area contributed by atoms with Gasteiger partial charge in [-0.2, -0.15) is 0 Å². The molecular formula is C14H13S. The van der Waals surface area contributed by atoms with E-state index in [4.69, 9.17) is 0 Å². The van der Waals surface area contributed by atoms with Crippen molar-refractivity contribution in [1.29, 1.82) is 0 Å². The predicted octanol–water partition coefficient (Wildman–Crippen LogP) is 4.09. The fraction of sp³-hybridized carbons (Fsp3) is 0.143. The Hall–Kier alpha value is -1.21. The molecule has 0 N–H and O–H groups in total. The number of aryl methyl sites for hydroxylation is 1. The van der Waals surface area contributed by atoms with Crippen molar-refractivity contribution in [2.45, 2.75) is 17.6 Å². The smallest absolute Gasteiger partial charge is 0.0238 e. The van der Waals surface area contributed by atoms with Crippen LogP contribution in [0.1, 0.15) is 11.1 Å². The van der Waals surface area contributed by atoms with Gasteiger partial charge in [0, 0.05) is 10.6 Å². The van der Waals surface area contributed by atoms with Gasteiger partial charge >= 0.3 is 0 Å². The molecule has 0 saturated heterocycles. The number of hydrogen-bond acceptors (Lipinski definition) is 1. The average Bonchev–Trinajstić information content (AvgIpc) is 2.28. The molecule has 0 fully saturated rings. The van der Waals surface area contributed by atoms with Crippen molar-refractivity contribution >= 4 is 11.8 Å². The molecule has 1 heteroatoms. The van der Waals surface area contributed by atoms with Gasteiger partial charge in [0.25, 0.3) is 0 Å². The van der Waals surface area contributed by atoms with Gasteiger partial charge in [-0.25, -0.2) is 0 Å². The molecule has 15 heavy (non-hydrogen) atoms. The Labute approximate surface area is 95.3 Å². The molecule has 0 nitrogen and oxygen atoms in total. The van der Waals surface area contributed by atoms with Crippen LogP contribution in [0.25, 0.3) is 0 Å². The molecule has 0 unspecified atom stereocenters. The van der Waals surface area contributed by atoms with Crippen LogP contribution in [0.2, 0.25) is 0 Å². The third-order valence-electron chi connectivity index (χ3n) is 2.15. The summed E-state index contributed by atoms with van der Waals surface area (Å²) in [6.45, 7) is 2.12. The summed E-state index contributed by atoms with van der Waals surface area (Å²) < 4.78 is 0. The van der Waals surface area contributed by atoms with E-state index in [0.717, 1.165) is 5.75 Å². The fourth-order valence-corrected chi connectivity index (χ4v) is 2.24. The highest BCUT2D eigenvalue weighted by Gasteiger charge is 1.95. The summed E-state index contributed by atoms with van der Waals surface area (Å²) in [6.07, 6.45) is 0. The van der Waals surface area contributed by atoms with Crippen molar-refractivity contribution in [2.75, 3.05) is 0 Å². The van der Waals surface area contributed by atoms with Crippen molar-refractivity contribution in [1.82, 2.24) is 0 Å². The molecule has 0 atom stereocenters. The second kappa shape index (κ2) is 5.04. The van der Waals surface area contributed by atoms with Gasteiger partial charge in [-0.15, -0.1) is 11.8 Å². The summed E-state index contributed by atoms with van der Waals surface area (Å²) in [7, 11) is 0. The van der Waals surface area contributed by atoms with Crippen LogP contribution in [-0.2, 0) is 5.75 Å². The van der Waals surface area contributed by atoms with E-state index < -0.39 is 0 Å². The molecule has 0 saturated carbocycles. The van der Waals surface area contributed by atoms with E-state index in [1.807, 2.05) is 23.9 Å². The van der Waals surface area contributed by atoms with Gasteiger partial charge in [-0.05, 0) is 30.7 Å². The minimum Gasteiger partial charge on any atom is -0.121 e. The number of thioether (sulfide) groups is 1. The van der Waals surface area contributed by atoms with Gasteiger partial charge in [-0.3, -0.25) is 0 Å². The third kappa shape index (κ3) is 3.14. The Morgan fingerprint density at radius 3 is 2.67 bits per heavy atom. The minimum absolute atomic E-state index is 0.992. The Kier molecular flexibility index (Phi) is 3.46. The summed E-state index contributed by atoms with van der Waals surface area (Å²) in [5.41, 5.74) is 2.57. The molecule has 0 aromatic heterocycles. The van der Waals surface area contributed by atoms with E-state index in [-0.39, 0.29) is 0 Å². The zero-order valence-corrected chi connectivity index (χ0v) is 9.55. The molecule has 75 valence electrons. The molecule has 0 aliphatic heterocycles. The van der Waals surface area contributed by atoms with Crippen molar-refractivity contribution in [3.63, 3.8) is 0 Å². The second-order valence-corrected chi connectivity index (χ2v) is 4.54. The first kappa shape index (κ1) is 10.3. The predicted molar refractivity (Wildman–Crippen MR) is 66.0 cm³/mol. The van der Waals surface area contributed by atoms with Gasteiger partial charge in [0.05, 0.1) is 0 Å². The highest BCUT2D eigenvalue weighted by Crippen LogP contribution is 2.22. The van der Waals surface area contributed by atoms with Gasteiger partial charge in [0.1, 0.15) is 0 Å². The molecular weight excluding hydrogens is 200 g/mol. The number of rotatable bonds is 3. The van der Waals surface area contributed by atoms with Crippen LogP contribution in [0, 0.1) is 13.0 Å². The SMILES string of the molecule is Cc1cc[c]c(CSc2ccccc2)c1. The van der Waals surface area contributed by atoms with Gasteiger partial charge in [0.2, 0.25) is 0 Å². The molecule has 0 aliphatic rings. The summed E-state index contributed by atoms with van der Waals surface area (Å²) >= 11 is 1.85. The van der Waals surface area contributed by atoms with Crippen LogP contribution >= 0.6 is 11.8 Å². The minimum atomic E-state index is 0.992. The lowest BCUT2D eigenvalue weighted by molar-refractivity contribution is 1.33. The first-order chi connectivity index (χ1) is 7.34. The Morgan fingerprint density at radius 2 is 1.93 bits per heavy atom. The molecule has 1 radical (unpaired) electrons. The summed E-state index contributed by atoms with van der Waals surface area (Å²) in [6, 6.07) is 20.0. The van der Waals surface area contributed by atoms with E-state index in [2.05, 4.69) is 49.4 Å². The molecule has 2 aromatic rings. The van der Waals surface area contributed by atoms with Gasteiger partial charge in [-0.1, -0.05) is 42.0 Å². The topological polar surface area (TPSA) is 0 Å². The lowest BCUT2D eigenvalue weighted by Crippen LogP contribution is -1.82. The van der Waals surface area contributed by atoms with Gasteiger partial charge in [0.15, 0.2) is 0 Å². The van der Waals surface area contributed by atoms with E-state index in [1.54, 1.807) is 0 Å². The summed E-state index contributed by atoms with van der Waals surface area (Å²) in [4.78, 5) is 1.31. The van der Waals surface area contributed by atoms with E-state index >= 15 is 0 Å². The maximum atomic E-state index is 3.26. The molecule has 2 aromatic carbocycles. The molecule has 0 amide bonds. The lowest BCUT2D eigenvalue weighted by Gasteiger charge is -2.02. The first-order valence-electron chi connectivity index (χ1n) is 5.00. The van der Waals surface area contributed by atoms with Crippen LogP contribution in [0.3, 0.4) is 0 Å². The van der Waals surface area contributed by atoms with E-state index in [9.17, 15) is 0 Å². The molecule has 2 rings (SSSR count). The lowest BCUT2D eigenvalue weighted by atomic mass is 10.2. The van der Waals surface area contributed by atoms with Crippen molar-refractivity contribution < 1.29 is 0 Å². The quantitative estimate of drug-likeness (QED) is 0.692. The van der Waals surface area contributed by atoms with E-state index in [0.29, 0.717) is 0 Å². The third-order valence-corrected chi connectivity index (χ3v) is 3.22. The standard InChI is InChI=1S/C14H13S/c1-12-6-5-7-13(10-12)11-15-14-8-3-2-4-9-14/h2-6,8-10H,11H2,1H3. The summed E-state index contributed by atoms with van der Waals surface area (Å²) in [5.74, 6) is 0.992. The molecule has 0 aliphatic carbocycles. The normalized spacial score (nSPS) is 10.2. The zero-order chi connectivity index (χ0) is 10.5. The van der Waals surface area contributed by atoms with Crippen LogP contribution in [0.4, 0.5) is 0 Å². The van der Waals surface area contributed by atoms with Crippen molar-refractivity contribution in [3.8, 4) is 0 Å². The highest BCUT2D eigenvalue weighted by molar-refractivity contribution is 7.98.